The highest BCUT2D eigenvalue weighted by Gasteiger charge is 2.09. The minimum atomic E-state index is -0.203. The number of Topliss-reactive ketones (excluding diaryl/α,β-unsaturated/α-hetero) is 1. The summed E-state index contributed by atoms with van der Waals surface area (Å²) >= 11 is 0. The molecule has 6 heteroatoms. The summed E-state index contributed by atoms with van der Waals surface area (Å²) in [5.41, 5.74) is 0.350. The van der Waals surface area contributed by atoms with Gasteiger partial charge < -0.3 is 10.1 Å². The Morgan fingerprint density at radius 2 is 2.11 bits per heavy atom. The van der Waals surface area contributed by atoms with E-state index >= 15 is 0 Å². The Kier molecular flexibility index (Phi) is 6.78. The molecule has 1 N–H and O–H groups in total. The summed E-state index contributed by atoms with van der Waals surface area (Å²) in [6.45, 7) is 5.03. The molecule has 106 valence electrons. The van der Waals surface area contributed by atoms with Crippen molar-refractivity contribution in [3.63, 3.8) is 0 Å². The van der Waals surface area contributed by atoms with Crippen LogP contribution in [0.5, 0.6) is 0 Å². The fraction of sp³-hybridized carbons (Fsp3) is 0.692. The highest BCUT2D eigenvalue weighted by Crippen LogP contribution is 1.98. The summed E-state index contributed by atoms with van der Waals surface area (Å²) in [5, 5.41) is 10.5. The molecule has 1 aromatic heterocycles. The predicted octanol–water partition coefficient (Wildman–Crippen LogP) is 1.57. The quantitative estimate of drug-likeness (QED) is 0.688. The molecule has 1 aromatic rings. The second kappa shape index (κ2) is 8.39. The van der Waals surface area contributed by atoms with Crippen LogP contribution >= 0.6 is 0 Å². The van der Waals surface area contributed by atoms with Gasteiger partial charge in [-0.15, -0.1) is 5.10 Å². The van der Waals surface area contributed by atoms with Crippen LogP contribution in [0.4, 0.5) is 0 Å². The number of amides is 1. The number of hydrogen-bond donors (Lipinski definition) is 1. The third-order valence-electron chi connectivity index (χ3n) is 2.75. The molecule has 1 rings (SSSR count). The van der Waals surface area contributed by atoms with Crippen molar-refractivity contribution in [2.75, 3.05) is 6.54 Å². The van der Waals surface area contributed by atoms with E-state index < -0.39 is 0 Å². The number of nitrogens with zero attached hydrogens (tertiary/aromatic N) is 3. The number of nitrogens with one attached hydrogen (secondary N) is 1. The zero-order valence-electron chi connectivity index (χ0n) is 11.7. The van der Waals surface area contributed by atoms with Crippen molar-refractivity contribution in [3.8, 4) is 0 Å². The highest BCUT2D eigenvalue weighted by atomic mass is 16.2. The molecule has 0 fully saturated rings. The summed E-state index contributed by atoms with van der Waals surface area (Å²) in [6, 6.07) is 0. The molecule has 0 aliphatic heterocycles. The molecule has 19 heavy (non-hydrogen) atoms. The molecule has 0 unspecified atom stereocenters. The average Bonchev–Trinajstić information content (AvgIpc) is 2.84. The lowest BCUT2D eigenvalue weighted by Crippen LogP contribution is -2.24. The topological polar surface area (TPSA) is 76.9 Å². The van der Waals surface area contributed by atoms with Crippen LogP contribution in [0.2, 0.25) is 0 Å². The van der Waals surface area contributed by atoms with Crippen LogP contribution in [0.3, 0.4) is 0 Å². The largest absolute Gasteiger partial charge is 0.351 e. The van der Waals surface area contributed by atoms with E-state index in [-0.39, 0.29) is 11.7 Å². The Morgan fingerprint density at radius 3 is 2.79 bits per heavy atom. The second-order valence-electron chi connectivity index (χ2n) is 4.64. The molecule has 0 atom stereocenters. The van der Waals surface area contributed by atoms with Crippen molar-refractivity contribution in [3.05, 3.63) is 11.9 Å². The van der Waals surface area contributed by atoms with Gasteiger partial charge in [-0.05, 0) is 26.2 Å². The minimum absolute atomic E-state index is 0.185. The van der Waals surface area contributed by atoms with Crippen molar-refractivity contribution < 1.29 is 9.59 Å². The Balaban J connectivity index is 2.25. The second-order valence-corrected chi connectivity index (χ2v) is 4.64. The first-order valence-electron chi connectivity index (χ1n) is 6.81. The molecular weight excluding hydrogens is 244 g/mol. The van der Waals surface area contributed by atoms with Gasteiger partial charge in [-0.3, -0.25) is 9.48 Å². The van der Waals surface area contributed by atoms with E-state index in [0.717, 1.165) is 32.2 Å². The third-order valence-corrected chi connectivity index (χ3v) is 2.75. The fourth-order valence-electron chi connectivity index (χ4n) is 1.62. The average molecular weight is 266 g/mol. The van der Waals surface area contributed by atoms with Crippen molar-refractivity contribution >= 4 is 11.7 Å². The molecular formula is C13H22N4O2. The number of aryl methyl sites for hydroxylation is 1. The van der Waals surface area contributed by atoms with E-state index in [1.807, 2.05) is 0 Å². The lowest BCUT2D eigenvalue weighted by Gasteiger charge is -2.01. The molecule has 0 saturated carbocycles. The molecule has 0 radical (unpaired) electrons. The Bertz CT molecular complexity index is 415. The van der Waals surface area contributed by atoms with Crippen molar-refractivity contribution in [2.45, 2.75) is 52.5 Å². The van der Waals surface area contributed by atoms with E-state index in [1.165, 1.54) is 0 Å². The molecule has 0 aliphatic rings. The monoisotopic (exact) mass is 266 g/mol. The third kappa shape index (κ3) is 6.13. The van der Waals surface area contributed by atoms with Gasteiger partial charge in [0.15, 0.2) is 5.69 Å². The fourth-order valence-corrected chi connectivity index (χ4v) is 1.62. The van der Waals surface area contributed by atoms with E-state index in [0.29, 0.717) is 18.7 Å². The normalized spacial score (nSPS) is 10.4. The summed E-state index contributed by atoms with van der Waals surface area (Å²) < 4.78 is 1.69. The van der Waals surface area contributed by atoms with Gasteiger partial charge in [0.2, 0.25) is 0 Å². The predicted molar refractivity (Wildman–Crippen MR) is 71.8 cm³/mol. The minimum Gasteiger partial charge on any atom is -0.351 e. The number of hydrogen-bond acceptors (Lipinski definition) is 4. The first-order valence-corrected chi connectivity index (χ1v) is 6.81. The van der Waals surface area contributed by atoms with Crippen molar-refractivity contribution in [1.29, 1.82) is 0 Å². The van der Waals surface area contributed by atoms with Gasteiger partial charge in [0.25, 0.3) is 5.91 Å². The SMILES string of the molecule is CCCCn1cc(C(=O)NCCCCC(C)=O)nn1. The van der Waals surface area contributed by atoms with Crippen LogP contribution in [0.1, 0.15) is 56.4 Å². The first-order chi connectivity index (χ1) is 9.13. The summed E-state index contributed by atoms with van der Waals surface area (Å²) in [5.74, 6) is -0.0178. The van der Waals surface area contributed by atoms with E-state index in [9.17, 15) is 9.59 Å². The van der Waals surface area contributed by atoms with E-state index in [1.54, 1.807) is 17.8 Å². The van der Waals surface area contributed by atoms with Gasteiger partial charge in [-0.2, -0.15) is 0 Å². The van der Waals surface area contributed by atoms with Crippen LogP contribution in [0, 0.1) is 0 Å². The number of ketones is 1. The molecule has 0 spiro atoms. The van der Waals surface area contributed by atoms with Crippen molar-refractivity contribution in [1.82, 2.24) is 20.3 Å². The molecule has 0 aliphatic carbocycles. The van der Waals surface area contributed by atoms with Gasteiger partial charge in [0.1, 0.15) is 5.78 Å². The molecule has 1 amide bonds. The zero-order chi connectivity index (χ0) is 14.1. The lowest BCUT2D eigenvalue weighted by atomic mass is 10.2. The van der Waals surface area contributed by atoms with Crippen LogP contribution in [-0.2, 0) is 11.3 Å². The zero-order valence-corrected chi connectivity index (χ0v) is 11.7. The van der Waals surface area contributed by atoms with Gasteiger partial charge in [0, 0.05) is 19.5 Å². The lowest BCUT2D eigenvalue weighted by molar-refractivity contribution is -0.117. The molecule has 0 bridgehead atoms. The summed E-state index contributed by atoms with van der Waals surface area (Å²) in [6.07, 6.45) is 5.95. The number of unbranched alkanes of at least 4 members (excludes halogenated alkanes) is 2. The van der Waals surface area contributed by atoms with Gasteiger partial charge in [-0.1, -0.05) is 18.6 Å². The van der Waals surface area contributed by atoms with Crippen LogP contribution in [-0.4, -0.2) is 33.2 Å². The smallest absolute Gasteiger partial charge is 0.273 e. The molecule has 0 saturated heterocycles. The van der Waals surface area contributed by atoms with Crippen LogP contribution < -0.4 is 5.32 Å². The number of carbonyl (C=O) groups is 2. The Labute approximate surface area is 113 Å². The molecule has 1 heterocycles. The van der Waals surface area contributed by atoms with E-state index in [4.69, 9.17) is 0 Å². The van der Waals surface area contributed by atoms with E-state index in [2.05, 4.69) is 22.6 Å². The van der Waals surface area contributed by atoms with Crippen LogP contribution in [0.25, 0.3) is 0 Å². The number of rotatable bonds is 9. The maximum Gasteiger partial charge on any atom is 0.273 e. The Hall–Kier alpha value is -1.72. The standard InChI is InChI=1S/C13H22N4O2/c1-3-4-9-17-10-12(15-16-17)13(19)14-8-6-5-7-11(2)18/h10H,3-9H2,1-2H3,(H,14,19). The summed E-state index contributed by atoms with van der Waals surface area (Å²) in [4.78, 5) is 22.5. The van der Waals surface area contributed by atoms with Crippen molar-refractivity contribution in [2.24, 2.45) is 0 Å². The maximum atomic E-state index is 11.7. The maximum absolute atomic E-state index is 11.7. The van der Waals surface area contributed by atoms with Gasteiger partial charge in [0.05, 0.1) is 6.20 Å². The number of aromatic nitrogens is 3. The van der Waals surface area contributed by atoms with Gasteiger partial charge in [-0.25, -0.2) is 0 Å². The molecule has 0 aromatic carbocycles. The Morgan fingerprint density at radius 1 is 1.32 bits per heavy atom. The summed E-state index contributed by atoms with van der Waals surface area (Å²) in [7, 11) is 0. The highest BCUT2D eigenvalue weighted by molar-refractivity contribution is 5.91. The van der Waals surface area contributed by atoms with Gasteiger partial charge >= 0.3 is 0 Å². The number of carbonyl (C=O) groups excluding carboxylic acids is 2. The molecule has 6 nitrogen and oxygen atoms in total. The first kappa shape index (κ1) is 15.3. The van der Waals surface area contributed by atoms with Crippen LogP contribution in [0.15, 0.2) is 6.20 Å².